The molecule has 2 heterocycles. The molecule has 1 unspecified atom stereocenters. The van der Waals surface area contributed by atoms with Gasteiger partial charge in [0.15, 0.2) is 0 Å². The van der Waals surface area contributed by atoms with Crippen LogP contribution in [0.1, 0.15) is 24.5 Å². The second-order valence-electron chi connectivity index (χ2n) is 6.40. The van der Waals surface area contributed by atoms with Gasteiger partial charge in [-0.3, -0.25) is 4.99 Å². The van der Waals surface area contributed by atoms with E-state index in [-0.39, 0.29) is 11.9 Å². The summed E-state index contributed by atoms with van der Waals surface area (Å²) in [5.41, 5.74) is 3.31. The van der Waals surface area contributed by atoms with Crippen LogP contribution in [0.3, 0.4) is 0 Å². The third-order valence-electron chi connectivity index (χ3n) is 4.83. The van der Waals surface area contributed by atoms with Crippen molar-refractivity contribution in [2.75, 3.05) is 19.7 Å². The smallest absolute Gasteiger partial charge is 0.123 e. The molecule has 0 amide bonds. The average molecular weight is 324 g/mol. The summed E-state index contributed by atoms with van der Waals surface area (Å²) < 4.78 is 19.0. The lowest BCUT2D eigenvalue weighted by atomic mass is 9.90. The third-order valence-corrected chi connectivity index (χ3v) is 4.83. The molecular weight excluding hydrogens is 303 g/mol. The maximum Gasteiger partial charge on any atom is 0.123 e. The maximum absolute atomic E-state index is 13.0. The lowest BCUT2D eigenvalue weighted by Crippen LogP contribution is -2.32. The molecule has 124 valence electrons. The minimum atomic E-state index is -0.208. The van der Waals surface area contributed by atoms with Gasteiger partial charge in [-0.1, -0.05) is 36.4 Å². The zero-order chi connectivity index (χ0) is 16.4. The number of hydrogen-bond donors (Lipinski definition) is 1. The molecular formula is C20H21FN2O. The molecule has 2 aromatic carbocycles. The molecule has 1 fully saturated rings. The minimum absolute atomic E-state index is 0.121. The zero-order valence-electron chi connectivity index (χ0n) is 13.5. The van der Waals surface area contributed by atoms with Gasteiger partial charge >= 0.3 is 0 Å². The van der Waals surface area contributed by atoms with E-state index in [4.69, 9.17) is 4.74 Å². The van der Waals surface area contributed by atoms with Crippen molar-refractivity contribution >= 4 is 5.84 Å². The highest BCUT2D eigenvalue weighted by molar-refractivity contribution is 5.86. The van der Waals surface area contributed by atoms with E-state index in [1.165, 1.54) is 17.7 Å². The van der Waals surface area contributed by atoms with Crippen LogP contribution in [-0.2, 0) is 4.74 Å². The van der Waals surface area contributed by atoms with Gasteiger partial charge in [-0.15, -0.1) is 0 Å². The van der Waals surface area contributed by atoms with Crippen LogP contribution in [0.15, 0.2) is 53.5 Å². The predicted octanol–water partition coefficient (Wildman–Crippen LogP) is 3.96. The summed E-state index contributed by atoms with van der Waals surface area (Å²) in [6.07, 6.45) is 2.13. The van der Waals surface area contributed by atoms with Crippen molar-refractivity contribution in [1.29, 1.82) is 0 Å². The summed E-state index contributed by atoms with van der Waals surface area (Å²) >= 11 is 0. The Morgan fingerprint density at radius 2 is 1.71 bits per heavy atom. The molecule has 2 aromatic rings. The van der Waals surface area contributed by atoms with Gasteiger partial charge in [0.2, 0.25) is 0 Å². The summed E-state index contributed by atoms with van der Waals surface area (Å²) in [4.78, 5) is 4.57. The van der Waals surface area contributed by atoms with Crippen LogP contribution >= 0.6 is 0 Å². The van der Waals surface area contributed by atoms with E-state index < -0.39 is 0 Å². The fourth-order valence-electron chi connectivity index (χ4n) is 3.50. The second-order valence-corrected chi connectivity index (χ2v) is 6.40. The van der Waals surface area contributed by atoms with Gasteiger partial charge in [-0.25, -0.2) is 4.39 Å². The van der Waals surface area contributed by atoms with Crippen LogP contribution in [-0.4, -0.2) is 25.5 Å². The van der Waals surface area contributed by atoms with E-state index in [0.717, 1.165) is 49.5 Å². The van der Waals surface area contributed by atoms with Gasteiger partial charge in [0, 0.05) is 19.1 Å². The van der Waals surface area contributed by atoms with Gasteiger partial charge in [-0.05, 0) is 41.7 Å². The Morgan fingerprint density at radius 1 is 1.00 bits per heavy atom. The number of aliphatic imine (C=N–C) groups is 1. The Labute approximate surface area is 141 Å². The standard InChI is InChI=1S/C20H21FN2O/c21-18-7-5-15(6-8-18)14-1-3-16(4-2-14)19-13-17(9-12-24-19)20-22-10-11-23-20/h1-8,17,19H,9-13H2,(H,22,23)/t17?,19-/m1/s1. The molecule has 1 N–H and O–H groups in total. The lowest BCUT2D eigenvalue weighted by Gasteiger charge is -2.30. The van der Waals surface area contributed by atoms with Crippen molar-refractivity contribution in [3.05, 3.63) is 59.9 Å². The first-order valence-electron chi connectivity index (χ1n) is 8.55. The Kier molecular flexibility index (Phi) is 4.30. The van der Waals surface area contributed by atoms with Crippen LogP contribution in [0.4, 0.5) is 4.39 Å². The number of halogens is 1. The van der Waals surface area contributed by atoms with Crippen molar-refractivity contribution in [2.24, 2.45) is 10.9 Å². The van der Waals surface area contributed by atoms with E-state index in [0.29, 0.717) is 5.92 Å². The summed E-state index contributed by atoms with van der Waals surface area (Å²) in [5, 5.41) is 3.40. The molecule has 0 saturated carbocycles. The number of hydrogen-bond acceptors (Lipinski definition) is 3. The summed E-state index contributed by atoms with van der Waals surface area (Å²) in [6.45, 7) is 2.63. The zero-order valence-corrected chi connectivity index (χ0v) is 13.5. The Morgan fingerprint density at radius 3 is 2.38 bits per heavy atom. The van der Waals surface area contributed by atoms with Crippen molar-refractivity contribution in [3.63, 3.8) is 0 Å². The van der Waals surface area contributed by atoms with Crippen LogP contribution in [0.5, 0.6) is 0 Å². The molecule has 0 spiro atoms. The van der Waals surface area contributed by atoms with E-state index in [9.17, 15) is 4.39 Å². The highest BCUT2D eigenvalue weighted by Gasteiger charge is 2.28. The maximum atomic E-state index is 13.0. The van der Waals surface area contributed by atoms with E-state index in [2.05, 4.69) is 34.6 Å². The molecule has 0 bridgehead atoms. The van der Waals surface area contributed by atoms with Gasteiger partial charge in [0.1, 0.15) is 5.82 Å². The fourth-order valence-corrected chi connectivity index (χ4v) is 3.50. The average Bonchev–Trinajstić information content (AvgIpc) is 3.17. The largest absolute Gasteiger partial charge is 0.373 e. The van der Waals surface area contributed by atoms with Gasteiger partial charge in [0.05, 0.1) is 18.5 Å². The monoisotopic (exact) mass is 324 g/mol. The second kappa shape index (κ2) is 6.73. The first-order chi connectivity index (χ1) is 11.8. The molecule has 4 heteroatoms. The van der Waals surface area contributed by atoms with Crippen LogP contribution in [0, 0.1) is 11.7 Å². The number of amidine groups is 1. The van der Waals surface area contributed by atoms with Crippen molar-refractivity contribution in [1.82, 2.24) is 5.32 Å². The molecule has 0 radical (unpaired) electrons. The normalized spacial score (nSPS) is 23.6. The van der Waals surface area contributed by atoms with Gasteiger partial charge < -0.3 is 10.1 Å². The van der Waals surface area contributed by atoms with Crippen molar-refractivity contribution in [3.8, 4) is 11.1 Å². The molecule has 4 rings (SSSR count). The summed E-state index contributed by atoms with van der Waals surface area (Å²) in [5.74, 6) is 1.43. The highest BCUT2D eigenvalue weighted by Crippen LogP contribution is 2.33. The Balaban J connectivity index is 1.49. The molecule has 2 aliphatic heterocycles. The van der Waals surface area contributed by atoms with Gasteiger partial charge in [-0.2, -0.15) is 0 Å². The van der Waals surface area contributed by atoms with Gasteiger partial charge in [0.25, 0.3) is 0 Å². The molecule has 2 aliphatic rings. The van der Waals surface area contributed by atoms with Crippen LogP contribution < -0.4 is 5.32 Å². The quantitative estimate of drug-likeness (QED) is 0.927. The fraction of sp³-hybridized carbons (Fsp3) is 0.350. The van der Waals surface area contributed by atoms with Crippen molar-refractivity contribution in [2.45, 2.75) is 18.9 Å². The first-order valence-corrected chi connectivity index (χ1v) is 8.55. The number of ether oxygens (including phenoxy) is 1. The molecule has 1 saturated heterocycles. The third kappa shape index (κ3) is 3.20. The van der Waals surface area contributed by atoms with Crippen molar-refractivity contribution < 1.29 is 9.13 Å². The van der Waals surface area contributed by atoms with E-state index in [1.807, 2.05) is 0 Å². The number of nitrogens with one attached hydrogen (secondary N) is 1. The number of benzene rings is 2. The Hall–Kier alpha value is -2.20. The minimum Gasteiger partial charge on any atom is -0.373 e. The predicted molar refractivity (Wildman–Crippen MR) is 93.6 cm³/mol. The Bertz CT molecular complexity index is 724. The molecule has 3 nitrogen and oxygen atoms in total. The first kappa shape index (κ1) is 15.3. The number of rotatable bonds is 3. The molecule has 0 aliphatic carbocycles. The van der Waals surface area contributed by atoms with Crippen LogP contribution in [0.2, 0.25) is 0 Å². The topological polar surface area (TPSA) is 33.6 Å². The molecule has 2 atom stereocenters. The lowest BCUT2D eigenvalue weighted by molar-refractivity contribution is 0.00244. The summed E-state index contributed by atoms with van der Waals surface area (Å²) in [7, 11) is 0. The molecule has 24 heavy (non-hydrogen) atoms. The summed E-state index contributed by atoms with van der Waals surface area (Å²) in [6, 6.07) is 15.0. The van der Waals surface area contributed by atoms with Crippen LogP contribution in [0.25, 0.3) is 11.1 Å². The van der Waals surface area contributed by atoms with E-state index >= 15 is 0 Å². The highest BCUT2D eigenvalue weighted by atomic mass is 19.1. The SMILES string of the molecule is Fc1ccc(-c2ccc([C@H]3CC(C4=NCCN4)CCO3)cc2)cc1. The number of nitrogens with zero attached hydrogens (tertiary/aromatic N) is 1. The molecule has 0 aromatic heterocycles. The van der Waals surface area contributed by atoms with E-state index in [1.54, 1.807) is 12.1 Å².